The van der Waals surface area contributed by atoms with E-state index in [0.29, 0.717) is 18.7 Å². The highest BCUT2D eigenvalue weighted by atomic mass is 19.1. The monoisotopic (exact) mass is 253 g/mol. The smallest absolute Gasteiger partial charge is 0.328 e. The van der Waals surface area contributed by atoms with E-state index in [1.165, 1.54) is 6.07 Å². The maximum absolute atomic E-state index is 13.7. The minimum Gasteiger partial charge on any atom is -0.464 e. The Bertz CT molecular complexity index is 407. The third-order valence-electron chi connectivity index (χ3n) is 2.60. The third kappa shape index (κ3) is 4.02. The maximum Gasteiger partial charge on any atom is 0.328 e. The van der Waals surface area contributed by atoms with Gasteiger partial charge in [0.25, 0.3) is 0 Å². The summed E-state index contributed by atoms with van der Waals surface area (Å²) < 4.78 is 18.7. The quantitative estimate of drug-likeness (QED) is 0.791. The largest absolute Gasteiger partial charge is 0.464 e. The molecule has 4 heteroatoms. The van der Waals surface area contributed by atoms with Crippen LogP contribution in [0.3, 0.4) is 0 Å². The van der Waals surface area contributed by atoms with Crippen molar-refractivity contribution in [2.75, 3.05) is 11.9 Å². The molecular formula is C14H20FNO2. The molecule has 18 heavy (non-hydrogen) atoms. The van der Waals surface area contributed by atoms with Gasteiger partial charge in [-0.2, -0.15) is 0 Å². The molecule has 0 heterocycles. The van der Waals surface area contributed by atoms with Gasteiger partial charge in [0.2, 0.25) is 0 Å². The molecule has 0 aliphatic rings. The fourth-order valence-electron chi connectivity index (χ4n) is 1.71. The molecule has 0 aromatic heterocycles. The van der Waals surface area contributed by atoms with Crippen LogP contribution in [0.2, 0.25) is 0 Å². The van der Waals surface area contributed by atoms with Crippen LogP contribution in [0.5, 0.6) is 0 Å². The van der Waals surface area contributed by atoms with Gasteiger partial charge < -0.3 is 10.1 Å². The first-order valence-electron chi connectivity index (χ1n) is 6.27. The number of carbonyl (C=O) groups is 1. The van der Waals surface area contributed by atoms with Crippen LogP contribution in [0.15, 0.2) is 18.2 Å². The van der Waals surface area contributed by atoms with E-state index < -0.39 is 6.04 Å². The molecule has 1 rings (SSSR count). The predicted octanol–water partition coefficient (Wildman–Crippen LogP) is 3.28. The lowest BCUT2D eigenvalue weighted by Gasteiger charge is -2.18. The summed E-state index contributed by atoms with van der Waals surface area (Å²) in [6.45, 7) is 5.88. The summed E-state index contributed by atoms with van der Waals surface area (Å²) in [5.41, 5.74) is 1.19. The van der Waals surface area contributed by atoms with Gasteiger partial charge in [0, 0.05) is 0 Å². The number of carbonyl (C=O) groups excluding carboxylic acids is 1. The van der Waals surface area contributed by atoms with Crippen molar-refractivity contribution >= 4 is 11.7 Å². The molecule has 3 nitrogen and oxygen atoms in total. The van der Waals surface area contributed by atoms with Crippen LogP contribution in [-0.4, -0.2) is 18.6 Å². The Labute approximate surface area is 107 Å². The number of hydrogen-bond acceptors (Lipinski definition) is 3. The van der Waals surface area contributed by atoms with E-state index in [0.717, 1.165) is 12.0 Å². The zero-order chi connectivity index (χ0) is 13.5. The standard InChI is InChI=1S/C14H20FNO2/c1-4-6-13(14(17)18-5-2)16-12-8-7-10(3)9-11(12)15/h7-9,13,16H,4-6H2,1-3H3. The van der Waals surface area contributed by atoms with Crippen LogP contribution < -0.4 is 5.32 Å². The van der Waals surface area contributed by atoms with Gasteiger partial charge >= 0.3 is 5.97 Å². The van der Waals surface area contributed by atoms with E-state index in [9.17, 15) is 9.18 Å². The molecule has 1 aromatic rings. The molecule has 0 saturated carbocycles. The number of anilines is 1. The Morgan fingerprint density at radius 3 is 2.72 bits per heavy atom. The summed E-state index contributed by atoms with van der Waals surface area (Å²) in [7, 11) is 0. The second-order valence-electron chi connectivity index (χ2n) is 4.22. The van der Waals surface area contributed by atoms with Crippen LogP contribution in [-0.2, 0) is 9.53 Å². The summed E-state index contributed by atoms with van der Waals surface area (Å²) in [5, 5.41) is 2.91. The third-order valence-corrected chi connectivity index (χ3v) is 2.60. The Morgan fingerprint density at radius 2 is 2.17 bits per heavy atom. The molecule has 1 unspecified atom stereocenters. The summed E-state index contributed by atoms with van der Waals surface area (Å²) >= 11 is 0. The van der Waals surface area contributed by atoms with Crippen molar-refractivity contribution in [2.24, 2.45) is 0 Å². The van der Waals surface area contributed by atoms with Gasteiger partial charge in [-0.25, -0.2) is 9.18 Å². The van der Waals surface area contributed by atoms with Crippen molar-refractivity contribution in [2.45, 2.75) is 39.7 Å². The Morgan fingerprint density at radius 1 is 1.44 bits per heavy atom. The number of aryl methyl sites for hydroxylation is 1. The van der Waals surface area contributed by atoms with E-state index >= 15 is 0 Å². The molecule has 0 bridgehead atoms. The average molecular weight is 253 g/mol. The van der Waals surface area contributed by atoms with Crippen LogP contribution in [0.4, 0.5) is 10.1 Å². The minimum absolute atomic E-state index is 0.330. The summed E-state index contributed by atoms with van der Waals surface area (Å²) in [6.07, 6.45) is 1.44. The van der Waals surface area contributed by atoms with Gasteiger partial charge in [-0.05, 0) is 38.0 Å². The van der Waals surface area contributed by atoms with E-state index in [1.54, 1.807) is 19.1 Å². The van der Waals surface area contributed by atoms with Crippen molar-refractivity contribution in [1.82, 2.24) is 0 Å². The second kappa shape index (κ2) is 6.99. The van der Waals surface area contributed by atoms with Crippen molar-refractivity contribution in [3.63, 3.8) is 0 Å². The zero-order valence-corrected chi connectivity index (χ0v) is 11.1. The highest BCUT2D eigenvalue weighted by Crippen LogP contribution is 2.18. The average Bonchev–Trinajstić information content (AvgIpc) is 2.32. The highest BCUT2D eigenvalue weighted by Gasteiger charge is 2.19. The van der Waals surface area contributed by atoms with E-state index in [-0.39, 0.29) is 11.8 Å². The molecule has 0 amide bonds. The van der Waals surface area contributed by atoms with Crippen LogP contribution in [0.1, 0.15) is 32.3 Å². The number of hydrogen-bond donors (Lipinski definition) is 1. The van der Waals surface area contributed by atoms with Gasteiger partial charge in [-0.3, -0.25) is 0 Å². The molecule has 1 atom stereocenters. The first-order valence-corrected chi connectivity index (χ1v) is 6.27. The van der Waals surface area contributed by atoms with Crippen molar-refractivity contribution in [3.8, 4) is 0 Å². The summed E-state index contributed by atoms with van der Waals surface area (Å²) in [4.78, 5) is 11.7. The van der Waals surface area contributed by atoms with Crippen molar-refractivity contribution in [1.29, 1.82) is 0 Å². The van der Waals surface area contributed by atoms with Crippen molar-refractivity contribution in [3.05, 3.63) is 29.6 Å². The highest BCUT2D eigenvalue weighted by molar-refractivity contribution is 5.79. The molecule has 0 saturated heterocycles. The lowest BCUT2D eigenvalue weighted by Crippen LogP contribution is -2.31. The Kier molecular flexibility index (Phi) is 5.62. The number of nitrogens with one attached hydrogen (secondary N) is 1. The van der Waals surface area contributed by atoms with Gasteiger partial charge in [0.1, 0.15) is 11.9 Å². The van der Waals surface area contributed by atoms with Crippen LogP contribution >= 0.6 is 0 Å². The molecule has 0 spiro atoms. The molecule has 0 aliphatic heterocycles. The van der Waals surface area contributed by atoms with Gasteiger partial charge in [-0.1, -0.05) is 19.4 Å². The Balaban J connectivity index is 2.79. The number of benzene rings is 1. The van der Waals surface area contributed by atoms with E-state index in [4.69, 9.17) is 4.74 Å². The number of rotatable bonds is 6. The molecule has 1 aromatic carbocycles. The van der Waals surface area contributed by atoms with Gasteiger partial charge in [0.15, 0.2) is 0 Å². The lowest BCUT2D eigenvalue weighted by molar-refractivity contribution is -0.144. The summed E-state index contributed by atoms with van der Waals surface area (Å²) in [5.74, 6) is -0.681. The van der Waals surface area contributed by atoms with Crippen LogP contribution in [0.25, 0.3) is 0 Å². The fraction of sp³-hybridized carbons (Fsp3) is 0.500. The SMILES string of the molecule is CCCC(Nc1ccc(C)cc1F)C(=O)OCC. The maximum atomic E-state index is 13.7. The van der Waals surface area contributed by atoms with E-state index in [1.807, 2.05) is 13.8 Å². The predicted molar refractivity (Wildman–Crippen MR) is 70.1 cm³/mol. The molecule has 100 valence electrons. The lowest BCUT2D eigenvalue weighted by atomic mass is 10.1. The number of halogens is 1. The minimum atomic E-state index is -0.493. The molecule has 0 fully saturated rings. The molecule has 1 N–H and O–H groups in total. The topological polar surface area (TPSA) is 38.3 Å². The zero-order valence-electron chi connectivity index (χ0n) is 11.1. The van der Waals surface area contributed by atoms with E-state index in [2.05, 4.69) is 5.32 Å². The second-order valence-corrected chi connectivity index (χ2v) is 4.22. The van der Waals surface area contributed by atoms with Gasteiger partial charge in [-0.15, -0.1) is 0 Å². The first-order chi connectivity index (χ1) is 8.58. The number of ether oxygens (including phenoxy) is 1. The van der Waals surface area contributed by atoms with Gasteiger partial charge in [0.05, 0.1) is 12.3 Å². The van der Waals surface area contributed by atoms with Crippen LogP contribution in [0, 0.1) is 12.7 Å². The molecule has 0 radical (unpaired) electrons. The Hall–Kier alpha value is -1.58. The first kappa shape index (κ1) is 14.5. The summed E-state index contributed by atoms with van der Waals surface area (Å²) in [6, 6.07) is 4.40. The normalized spacial score (nSPS) is 12.0. The van der Waals surface area contributed by atoms with Crippen molar-refractivity contribution < 1.29 is 13.9 Å². The number of esters is 1. The molecular weight excluding hydrogens is 233 g/mol. The molecule has 0 aliphatic carbocycles. The fourth-order valence-corrected chi connectivity index (χ4v) is 1.71.